The molecule has 1 atom stereocenters. The molecule has 1 rings (SSSR count). The van der Waals surface area contributed by atoms with Crippen LogP contribution >= 0.6 is 0 Å². The average molecular weight is 219 g/mol. The lowest BCUT2D eigenvalue weighted by Gasteiger charge is -2.18. The molecule has 0 bridgehead atoms. The number of benzene rings is 1. The quantitative estimate of drug-likeness (QED) is 0.790. The molecule has 0 heterocycles. The second kappa shape index (κ2) is 4.42. The Morgan fingerprint density at radius 3 is 2.33 bits per heavy atom. The van der Waals surface area contributed by atoms with Crippen LogP contribution in [-0.4, -0.2) is 18.7 Å². The van der Waals surface area contributed by atoms with E-state index in [0.717, 1.165) is 6.92 Å². The van der Waals surface area contributed by atoms with Crippen LogP contribution < -0.4 is 10.5 Å². The molecule has 2 N–H and O–H groups in total. The second-order valence-corrected chi connectivity index (χ2v) is 3.23. The summed E-state index contributed by atoms with van der Waals surface area (Å²) in [5, 5.41) is 0. The van der Waals surface area contributed by atoms with E-state index in [-0.39, 0.29) is 5.75 Å². The molecular formula is C10H12F3NO. The Hall–Kier alpha value is -1.39. The highest BCUT2D eigenvalue weighted by Crippen LogP contribution is 2.23. The van der Waals surface area contributed by atoms with Crippen LogP contribution in [0.3, 0.4) is 0 Å². The van der Waals surface area contributed by atoms with Crippen LogP contribution in [-0.2, 0) is 0 Å². The van der Waals surface area contributed by atoms with E-state index in [2.05, 4.69) is 0 Å². The number of ether oxygens (including phenoxy) is 1. The van der Waals surface area contributed by atoms with E-state index < -0.39 is 18.7 Å². The van der Waals surface area contributed by atoms with Crippen molar-refractivity contribution in [2.24, 2.45) is 0 Å². The maximum absolute atomic E-state index is 12.8. The maximum atomic E-state index is 12.8. The summed E-state index contributed by atoms with van der Waals surface area (Å²) in [6.07, 6.45) is -2.23. The third-order valence-corrected chi connectivity index (χ3v) is 1.89. The highest BCUT2D eigenvalue weighted by molar-refractivity contribution is 5.41. The summed E-state index contributed by atoms with van der Waals surface area (Å²) < 4.78 is 42.7. The molecule has 84 valence electrons. The topological polar surface area (TPSA) is 35.2 Å². The van der Waals surface area contributed by atoms with Gasteiger partial charge in [-0.15, -0.1) is 0 Å². The van der Waals surface area contributed by atoms with Crippen LogP contribution in [0.25, 0.3) is 0 Å². The lowest BCUT2D eigenvalue weighted by atomic mass is 10.2. The van der Waals surface area contributed by atoms with Gasteiger partial charge in [0.05, 0.1) is 0 Å². The summed E-state index contributed by atoms with van der Waals surface area (Å²) in [4.78, 5) is 0. The van der Waals surface area contributed by atoms with Crippen molar-refractivity contribution in [2.75, 3.05) is 12.3 Å². The van der Waals surface area contributed by atoms with Gasteiger partial charge in [0.15, 0.2) is 12.8 Å². The largest absolute Gasteiger partial charge is 0.487 e. The molecule has 0 radical (unpaired) electrons. The molecule has 0 aromatic heterocycles. The molecule has 0 aliphatic heterocycles. The number of hydrogen-bond donors (Lipinski definition) is 1. The number of hydrogen-bond acceptors (Lipinski definition) is 2. The monoisotopic (exact) mass is 219 g/mol. The highest BCUT2D eigenvalue weighted by Gasteiger charge is 2.37. The Morgan fingerprint density at radius 2 is 1.87 bits per heavy atom. The summed E-state index contributed by atoms with van der Waals surface area (Å²) in [6, 6.07) is 5.95. The lowest BCUT2D eigenvalue weighted by Crippen LogP contribution is -2.34. The van der Waals surface area contributed by atoms with Crippen molar-refractivity contribution in [1.29, 1.82) is 0 Å². The van der Waals surface area contributed by atoms with E-state index in [9.17, 15) is 13.2 Å². The van der Waals surface area contributed by atoms with E-state index in [1.165, 1.54) is 24.3 Å². The molecule has 0 aliphatic rings. The number of anilines is 1. The molecule has 0 saturated heterocycles. The van der Waals surface area contributed by atoms with Crippen LogP contribution in [0.2, 0.25) is 0 Å². The van der Waals surface area contributed by atoms with E-state index in [1.54, 1.807) is 0 Å². The first kappa shape index (κ1) is 11.7. The van der Waals surface area contributed by atoms with E-state index in [4.69, 9.17) is 10.5 Å². The molecule has 5 heteroatoms. The van der Waals surface area contributed by atoms with Gasteiger partial charge in [-0.3, -0.25) is 0 Å². The Bertz CT molecular complexity index is 311. The fourth-order valence-corrected chi connectivity index (χ4v) is 0.858. The minimum Gasteiger partial charge on any atom is -0.487 e. The minimum atomic E-state index is -3.47. The third kappa shape index (κ3) is 3.34. The minimum absolute atomic E-state index is 0.240. The number of nitrogen functional groups attached to an aromatic ring is 1. The Morgan fingerprint density at radius 1 is 1.33 bits per heavy atom. The van der Waals surface area contributed by atoms with Gasteiger partial charge < -0.3 is 10.5 Å². The number of halogens is 3. The van der Waals surface area contributed by atoms with Crippen molar-refractivity contribution >= 4 is 5.69 Å². The van der Waals surface area contributed by atoms with Crippen LogP contribution in [0.1, 0.15) is 6.92 Å². The molecule has 2 nitrogen and oxygen atoms in total. The molecule has 0 saturated carbocycles. The van der Waals surface area contributed by atoms with Crippen molar-refractivity contribution < 1.29 is 17.9 Å². The summed E-state index contributed by atoms with van der Waals surface area (Å²) >= 11 is 0. The lowest BCUT2D eigenvalue weighted by molar-refractivity contribution is -0.0941. The van der Waals surface area contributed by atoms with Gasteiger partial charge in [-0.1, -0.05) is 0 Å². The van der Waals surface area contributed by atoms with Crippen molar-refractivity contribution in [3.8, 4) is 5.75 Å². The smallest absolute Gasteiger partial charge is 0.311 e. The van der Waals surface area contributed by atoms with Gasteiger partial charge in [-0.2, -0.15) is 8.78 Å². The maximum Gasteiger partial charge on any atom is 0.311 e. The molecule has 0 aliphatic carbocycles. The Balaban J connectivity index is 2.54. The van der Waals surface area contributed by atoms with Crippen molar-refractivity contribution in [2.45, 2.75) is 19.0 Å². The summed E-state index contributed by atoms with van der Waals surface area (Å²) in [5.74, 6) is -3.23. The SMILES string of the molecule is CC(F)C(F)(F)COc1ccc(N)cc1. The summed E-state index contributed by atoms with van der Waals surface area (Å²) in [5.41, 5.74) is 5.90. The first-order valence-electron chi connectivity index (χ1n) is 4.42. The fourth-order valence-electron chi connectivity index (χ4n) is 0.858. The summed E-state index contributed by atoms with van der Waals surface area (Å²) in [7, 11) is 0. The van der Waals surface area contributed by atoms with Crippen molar-refractivity contribution in [3.05, 3.63) is 24.3 Å². The van der Waals surface area contributed by atoms with E-state index in [1.807, 2.05) is 0 Å². The number of rotatable bonds is 4. The van der Waals surface area contributed by atoms with Crippen LogP contribution in [0.4, 0.5) is 18.9 Å². The Labute approximate surface area is 85.8 Å². The van der Waals surface area contributed by atoms with Crippen molar-refractivity contribution in [3.63, 3.8) is 0 Å². The molecule has 0 amide bonds. The van der Waals surface area contributed by atoms with Crippen molar-refractivity contribution in [1.82, 2.24) is 0 Å². The molecule has 15 heavy (non-hydrogen) atoms. The number of nitrogens with two attached hydrogens (primary N) is 1. The Kier molecular flexibility index (Phi) is 3.44. The van der Waals surface area contributed by atoms with Crippen LogP contribution in [0.15, 0.2) is 24.3 Å². The first-order chi connectivity index (χ1) is 6.92. The zero-order chi connectivity index (χ0) is 11.5. The van der Waals surface area contributed by atoms with E-state index in [0.29, 0.717) is 5.69 Å². The molecule has 1 unspecified atom stereocenters. The van der Waals surface area contributed by atoms with Gasteiger partial charge in [-0.05, 0) is 31.2 Å². The average Bonchev–Trinajstić information content (AvgIpc) is 2.17. The third-order valence-electron chi connectivity index (χ3n) is 1.89. The number of alkyl halides is 3. The molecular weight excluding hydrogens is 207 g/mol. The molecule has 1 aromatic carbocycles. The van der Waals surface area contributed by atoms with Gasteiger partial charge in [0.25, 0.3) is 0 Å². The fraction of sp³-hybridized carbons (Fsp3) is 0.400. The van der Waals surface area contributed by atoms with Crippen LogP contribution in [0.5, 0.6) is 5.75 Å². The molecule has 0 fully saturated rings. The zero-order valence-corrected chi connectivity index (χ0v) is 8.21. The van der Waals surface area contributed by atoms with Crippen LogP contribution in [0, 0.1) is 0 Å². The van der Waals surface area contributed by atoms with Gasteiger partial charge in [-0.25, -0.2) is 4.39 Å². The zero-order valence-electron chi connectivity index (χ0n) is 8.21. The molecule has 0 spiro atoms. The predicted octanol–water partition coefficient (Wildman–Crippen LogP) is 2.64. The highest BCUT2D eigenvalue weighted by atomic mass is 19.3. The van der Waals surface area contributed by atoms with Gasteiger partial charge in [0, 0.05) is 5.69 Å². The second-order valence-electron chi connectivity index (χ2n) is 3.23. The molecule has 1 aromatic rings. The normalized spacial score (nSPS) is 13.6. The van der Waals surface area contributed by atoms with E-state index >= 15 is 0 Å². The van der Waals surface area contributed by atoms with Gasteiger partial charge in [0.1, 0.15) is 5.75 Å². The first-order valence-corrected chi connectivity index (χ1v) is 4.42. The van der Waals surface area contributed by atoms with Gasteiger partial charge >= 0.3 is 5.92 Å². The standard InChI is InChI=1S/C10H12F3NO/c1-7(11)10(12,13)6-15-9-4-2-8(14)3-5-9/h2-5,7H,6,14H2,1H3. The summed E-state index contributed by atoms with van der Waals surface area (Å²) in [6.45, 7) is -0.180. The van der Waals surface area contributed by atoms with Gasteiger partial charge in [0.2, 0.25) is 0 Å². The predicted molar refractivity (Wildman–Crippen MR) is 51.9 cm³/mol.